The van der Waals surface area contributed by atoms with Gasteiger partial charge in [0.2, 0.25) is 0 Å². The van der Waals surface area contributed by atoms with E-state index in [1.807, 2.05) is 11.3 Å². The average Bonchev–Trinajstić information content (AvgIpc) is 3.79. The molecule has 0 saturated carbocycles. The fourth-order valence-electron chi connectivity index (χ4n) is 9.47. The van der Waals surface area contributed by atoms with E-state index in [0.717, 1.165) is 0 Å². The SMILES string of the molecule is CC1(C)c2ccccc2-c2cc3c(cc21)N(c1ccccc1)c1ccc(-c2ccc4c(c2)c2c5ccccc5sc2n4-c2ccccc2)cc1C3(C)C. The van der Waals surface area contributed by atoms with Crippen molar-refractivity contribution >= 4 is 59.6 Å². The molecule has 0 N–H and O–H groups in total. The summed E-state index contributed by atoms with van der Waals surface area (Å²) in [7, 11) is 0. The average molecular weight is 699 g/mol. The topological polar surface area (TPSA) is 8.17 Å². The van der Waals surface area contributed by atoms with Gasteiger partial charge in [0, 0.05) is 43.1 Å². The van der Waals surface area contributed by atoms with Gasteiger partial charge in [0.1, 0.15) is 4.83 Å². The third kappa shape index (κ3) is 4.20. The lowest BCUT2D eigenvalue weighted by Crippen LogP contribution is -2.31. The molecule has 1 aliphatic carbocycles. The van der Waals surface area contributed by atoms with Crippen LogP contribution in [0.2, 0.25) is 0 Å². The Morgan fingerprint density at radius 2 is 1.09 bits per heavy atom. The summed E-state index contributed by atoms with van der Waals surface area (Å²) < 4.78 is 3.77. The van der Waals surface area contributed by atoms with Crippen LogP contribution in [0.4, 0.5) is 17.1 Å². The molecule has 0 amide bonds. The third-order valence-electron chi connectivity index (χ3n) is 12.2. The number of hydrogen-bond donors (Lipinski definition) is 0. The zero-order valence-corrected chi connectivity index (χ0v) is 31.1. The number of aromatic nitrogens is 1. The van der Waals surface area contributed by atoms with Crippen LogP contribution in [0.15, 0.2) is 158 Å². The Hall–Kier alpha value is -5.90. The number of rotatable bonds is 3. The summed E-state index contributed by atoms with van der Waals surface area (Å²) in [5.41, 5.74) is 16.5. The highest BCUT2D eigenvalue weighted by Gasteiger charge is 2.42. The lowest BCUT2D eigenvalue weighted by molar-refractivity contribution is 0.627. The molecular formula is C50H38N2S. The molecule has 2 aliphatic rings. The molecule has 7 aromatic carbocycles. The summed E-state index contributed by atoms with van der Waals surface area (Å²) in [5, 5.41) is 3.96. The van der Waals surface area contributed by atoms with Gasteiger partial charge in [-0.15, -0.1) is 11.3 Å². The van der Waals surface area contributed by atoms with Crippen molar-refractivity contribution in [2.45, 2.75) is 38.5 Å². The molecule has 3 heterocycles. The van der Waals surface area contributed by atoms with Gasteiger partial charge in [-0.05, 0) is 111 Å². The normalized spacial score (nSPS) is 15.1. The van der Waals surface area contributed by atoms with E-state index in [2.05, 4.69) is 195 Å². The van der Waals surface area contributed by atoms with Crippen LogP contribution >= 0.6 is 11.3 Å². The maximum absolute atomic E-state index is 2.51. The van der Waals surface area contributed by atoms with Gasteiger partial charge in [0.15, 0.2) is 0 Å². The molecule has 9 aromatic rings. The second kappa shape index (κ2) is 10.8. The Balaban J connectivity index is 1.13. The van der Waals surface area contributed by atoms with Gasteiger partial charge in [-0.25, -0.2) is 0 Å². The summed E-state index contributed by atoms with van der Waals surface area (Å²) >= 11 is 1.88. The minimum Gasteiger partial charge on any atom is -0.310 e. The van der Waals surface area contributed by atoms with E-state index in [9.17, 15) is 0 Å². The van der Waals surface area contributed by atoms with Gasteiger partial charge in [-0.2, -0.15) is 0 Å². The summed E-state index contributed by atoms with van der Waals surface area (Å²) in [6.45, 7) is 9.59. The van der Waals surface area contributed by atoms with Crippen LogP contribution in [0.3, 0.4) is 0 Å². The number of thiophene rings is 1. The van der Waals surface area contributed by atoms with Crippen LogP contribution < -0.4 is 4.90 Å². The van der Waals surface area contributed by atoms with E-state index in [1.54, 1.807) is 0 Å². The number of benzene rings is 7. The van der Waals surface area contributed by atoms with Gasteiger partial charge in [-0.3, -0.25) is 0 Å². The van der Waals surface area contributed by atoms with Crippen molar-refractivity contribution in [3.05, 3.63) is 180 Å². The summed E-state index contributed by atoms with van der Waals surface area (Å²) in [4.78, 5) is 3.80. The molecule has 2 aromatic heterocycles. The summed E-state index contributed by atoms with van der Waals surface area (Å²) in [6.07, 6.45) is 0. The molecule has 0 spiro atoms. The minimum atomic E-state index is -0.236. The van der Waals surface area contributed by atoms with E-state index in [-0.39, 0.29) is 10.8 Å². The molecule has 53 heavy (non-hydrogen) atoms. The molecule has 3 heteroatoms. The quantitative estimate of drug-likeness (QED) is 0.178. The Labute approximate surface area is 314 Å². The first-order valence-electron chi connectivity index (χ1n) is 18.6. The first-order chi connectivity index (χ1) is 25.8. The number of para-hydroxylation sites is 2. The lowest BCUT2D eigenvalue weighted by Gasteiger charge is -2.43. The van der Waals surface area contributed by atoms with Crippen molar-refractivity contribution in [1.29, 1.82) is 0 Å². The first-order valence-corrected chi connectivity index (χ1v) is 19.4. The standard InChI is InChI=1S/C50H38N2S/c1-49(2)39-21-13-11-19-35(39)37-29-42-45(30-40(37)49)51(33-15-7-5-8-16-33)44-26-24-32(28-41(44)50(42,3)4)31-23-25-43-38(27-31)47-36-20-12-14-22-46(36)53-48(47)52(43)34-17-9-6-10-18-34/h5-30H,1-4H3. The maximum Gasteiger partial charge on any atom is 0.109 e. The number of hydrogen-bond acceptors (Lipinski definition) is 2. The zero-order valence-electron chi connectivity index (χ0n) is 30.3. The second-order valence-corrected chi connectivity index (χ2v) is 16.8. The van der Waals surface area contributed by atoms with Crippen molar-refractivity contribution in [2.24, 2.45) is 0 Å². The number of nitrogens with zero attached hydrogens (tertiary/aromatic N) is 2. The molecule has 0 unspecified atom stereocenters. The molecule has 2 nitrogen and oxygen atoms in total. The second-order valence-electron chi connectivity index (χ2n) is 15.8. The van der Waals surface area contributed by atoms with Crippen LogP contribution in [0, 0.1) is 0 Å². The largest absolute Gasteiger partial charge is 0.310 e. The van der Waals surface area contributed by atoms with Gasteiger partial charge in [0.25, 0.3) is 0 Å². The Bertz CT molecular complexity index is 2940. The van der Waals surface area contributed by atoms with Crippen LogP contribution in [0.1, 0.15) is 49.9 Å². The Kier molecular flexibility index (Phi) is 6.27. The van der Waals surface area contributed by atoms with Crippen molar-refractivity contribution < 1.29 is 0 Å². The van der Waals surface area contributed by atoms with E-state index in [4.69, 9.17) is 0 Å². The molecule has 1 aliphatic heterocycles. The Morgan fingerprint density at radius 3 is 1.91 bits per heavy atom. The van der Waals surface area contributed by atoms with E-state index < -0.39 is 0 Å². The van der Waals surface area contributed by atoms with Crippen molar-refractivity contribution in [1.82, 2.24) is 4.57 Å². The highest BCUT2D eigenvalue weighted by molar-refractivity contribution is 7.25. The van der Waals surface area contributed by atoms with Crippen LogP contribution in [0.5, 0.6) is 0 Å². The van der Waals surface area contributed by atoms with Crippen LogP contribution in [-0.4, -0.2) is 4.57 Å². The van der Waals surface area contributed by atoms with Crippen molar-refractivity contribution in [3.63, 3.8) is 0 Å². The van der Waals surface area contributed by atoms with Gasteiger partial charge >= 0.3 is 0 Å². The van der Waals surface area contributed by atoms with E-state index in [1.165, 1.54) is 98.5 Å². The lowest BCUT2D eigenvalue weighted by atomic mass is 9.71. The zero-order chi connectivity index (χ0) is 35.6. The van der Waals surface area contributed by atoms with Gasteiger partial charge < -0.3 is 9.47 Å². The predicted molar refractivity (Wildman–Crippen MR) is 226 cm³/mol. The number of anilines is 3. The summed E-state index contributed by atoms with van der Waals surface area (Å²) in [5.74, 6) is 0. The van der Waals surface area contributed by atoms with Gasteiger partial charge in [-0.1, -0.05) is 119 Å². The fraction of sp³-hybridized carbons (Fsp3) is 0.120. The van der Waals surface area contributed by atoms with Crippen LogP contribution in [-0.2, 0) is 10.8 Å². The van der Waals surface area contributed by atoms with E-state index in [0.29, 0.717) is 0 Å². The molecule has 11 rings (SSSR count). The maximum atomic E-state index is 2.51. The van der Waals surface area contributed by atoms with E-state index >= 15 is 0 Å². The monoisotopic (exact) mass is 698 g/mol. The third-order valence-corrected chi connectivity index (χ3v) is 13.3. The first kappa shape index (κ1) is 30.7. The van der Waals surface area contributed by atoms with Crippen molar-refractivity contribution in [2.75, 3.05) is 4.90 Å². The summed E-state index contributed by atoms with van der Waals surface area (Å²) in [6, 6.07) is 58.8. The molecule has 0 fully saturated rings. The molecular weight excluding hydrogens is 661 g/mol. The smallest absolute Gasteiger partial charge is 0.109 e. The molecule has 0 radical (unpaired) electrons. The minimum absolute atomic E-state index is 0.0745. The van der Waals surface area contributed by atoms with Crippen molar-refractivity contribution in [3.8, 4) is 27.9 Å². The molecule has 0 atom stereocenters. The molecule has 0 bridgehead atoms. The van der Waals surface area contributed by atoms with Crippen LogP contribution in [0.25, 0.3) is 59.1 Å². The number of fused-ring (bicyclic) bond motifs is 10. The fourth-order valence-corrected chi connectivity index (χ4v) is 10.7. The van der Waals surface area contributed by atoms with Gasteiger partial charge in [0.05, 0.1) is 16.9 Å². The highest BCUT2D eigenvalue weighted by Crippen LogP contribution is 2.58. The predicted octanol–water partition coefficient (Wildman–Crippen LogP) is 14.1. The Morgan fingerprint density at radius 1 is 0.453 bits per heavy atom. The highest BCUT2D eigenvalue weighted by atomic mass is 32.1. The molecule has 0 saturated heterocycles. The molecule has 254 valence electrons.